The first-order chi connectivity index (χ1) is 28.3. The summed E-state index contributed by atoms with van der Waals surface area (Å²) in [6.45, 7) is 0. The van der Waals surface area contributed by atoms with Crippen LogP contribution in [0.4, 0.5) is 0 Å². The van der Waals surface area contributed by atoms with Gasteiger partial charge in [0.1, 0.15) is 0 Å². The number of hydrogen-bond donors (Lipinski definition) is 0. The van der Waals surface area contributed by atoms with Crippen molar-refractivity contribution in [1.82, 2.24) is 4.57 Å². The van der Waals surface area contributed by atoms with E-state index in [2.05, 4.69) is 229 Å². The third-order valence-corrected chi connectivity index (χ3v) is 12.0. The molecule has 9 aromatic rings. The molecule has 268 valence electrons. The molecule has 8 aromatic carbocycles. The van der Waals surface area contributed by atoms with Gasteiger partial charge < -0.3 is 4.57 Å². The molecule has 1 nitrogen and oxygen atoms in total. The zero-order valence-corrected chi connectivity index (χ0v) is 31.5. The average Bonchev–Trinajstić information content (AvgIpc) is 3.62. The monoisotopic (exact) mass is 725 g/mol. The number of allylic oxidation sites excluding steroid dienone is 8. The van der Waals surface area contributed by atoms with Crippen molar-refractivity contribution >= 4 is 43.8 Å². The topological polar surface area (TPSA) is 4.93 Å². The third kappa shape index (κ3) is 5.79. The maximum atomic E-state index is 2.53. The Kier molecular flexibility index (Phi) is 8.03. The number of nitrogens with zero attached hydrogens (tertiary/aromatic N) is 1. The fraction of sp³-hybridized carbons (Fsp3) is 0.0357. The molecule has 0 saturated carbocycles. The molecule has 2 aliphatic carbocycles. The van der Waals surface area contributed by atoms with Crippen LogP contribution in [0.25, 0.3) is 88.4 Å². The van der Waals surface area contributed by atoms with Crippen LogP contribution in [0.3, 0.4) is 0 Å². The molecule has 1 aromatic heterocycles. The van der Waals surface area contributed by atoms with Crippen molar-refractivity contribution in [2.75, 3.05) is 0 Å². The molecule has 57 heavy (non-hydrogen) atoms. The van der Waals surface area contributed by atoms with Gasteiger partial charge in [-0.05, 0) is 96.8 Å². The van der Waals surface area contributed by atoms with Crippen LogP contribution < -0.4 is 0 Å². The minimum Gasteiger partial charge on any atom is -0.312 e. The van der Waals surface area contributed by atoms with Crippen molar-refractivity contribution in [2.45, 2.75) is 0 Å². The van der Waals surface area contributed by atoms with Crippen molar-refractivity contribution in [2.24, 2.45) is 11.8 Å². The molecule has 0 radical (unpaired) electrons. The zero-order chi connectivity index (χ0) is 37.7. The number of rotatable bonds is 6. The first kappa shape index (κ1) is 33.1. The summed E-state index contributed by atoms with van der Waals surface area (Å²) < 4.78 is 2.53. The molecule has 1 heteroatoms. The highest BCUT2D eigenvalue weighted by Gasteiger charge is 2.32. The molecule has 0 amide bonds. The summed E-state index contributed by atoms with van der Waals surface area (Å²) >= 11 is 0. The lowest BCUT2D eigenvalue weighted by molar-refractivity contribution is 0.672. The van der Waals surface area contributed by atoms with E-state index in [1.54, 1.807) is 0 Å². The standard InChI is InChI=1S/C56H39N/c1-3-12-38(13-4-1)40-22-26-42(27-23-40)45-30-33-55-52(36-45)53-37-46(43-28-24-41(25-29-43)39-14-5-2-6-15-39)31-34-56(53)57(55)54-35-32-50(49-19-9-10-20-51(49)54)48-21-11-17-44-16-7-8-18-47(44)48/h1-37,49,51H. The van der Waals surface area contributed by atoms with Crippen LogP contribution in [-0.2, 0) is 0 Å². The summed E-state index contributed by atoms with van der Waals surface area (Å²) in [7, 11) is 0. The number of hydrogen-bond acceptors (Lipinski definition) is 0. The van der Waals surface area contributed by atoms with Gasteiger partial charge in [0.15, 0.2) is 0 Å². The Hall–Kier alpha value is -7.22. The zero-order valence-electron chi connectivity index (χ0n) is 31.5. The van der Waals surface area contributed by atoms with E-state index in [9.17, 15) is 0 Å². The normalized spacial score (nSPS) is 16.1. The largest absolute Gasteiger partial charge is 0.312 e. The number of fused-ring (bicyclic) bond motifs is 5. The Morgan fingerprint density at radius 3 is 1.37 bits per heavy atom. The van der Waals surface area contributed by atoms with E-state index in [4.69, 9.17) is 0 Å². The summed E-state index contributed by atoms with van der Waals surface area (Å²) in [6.07, 6.45) is 14.0. The van der Waals surface area contributed by atoms with E-state index >= 15 is 0 Å². The number of aromatic nitrogens is 1. The summed E-state index contributed by atoms with van der Waals surface area (Å²) in [4.78, 5) is 0. The summed E-state index contributed by atoms with van der Waals surface area (Å²) in [5, 5.41) is 5.09. The van der Waals surface area contributed by atoms with Gasteiger partial charge in [0, 0.05) is 28.3 Å². The van der Waals surface area contributed by atoms with E-state index < -0.39 is 0 Å². The molecule has 2 atom stereocenters. The lowest BCUT2D eigenvalue weighted by atomic mass is 9.74. The minimum atomic E-state index is 0.184. The van der Waals surface area contributed by atoms with Crippen molar-refractivity contribution in [3.05, 3.63) is 230 Å². The van der Waals surface area contributed by atoms with E-state index in [1.165, 1.54) is 93.9 Å². The van der Waals surface area contributed by atoms with Crippen LogP contribution in [0.15, 0.2) is 225 Å². The van der Waals surface area contributed by atoms with Gasteiger partial charge in [-0.25, -0.2) is 0 Å². The lowest BCUT2D eigenvalue weighted by Crippen LogP contribution is -2.22. The highest BCUT2D eigenvalue weighted by Crippen LogP contribution is 2.47. The second kappa shape index (κ2) is 13.8. The molecule has 0 aliphatic heterocycles. The Balaban J connectivity index is 1.08. The molecule has 0 N–H and O–H groups in total. The molecule has 0 saturated heterocycles. The van der Waals surface area contributed by atoms with Gasteiger partial charge in [-0.2, -0.15) is 0 Å². The molecule has 11 rings (SSSR count). The molecule has 1 heterocycles. The molecule has 0 bridgehead atoms. The molecule has 2 aliphatic rings. The third-order valence-electron chi connectivity index (χ3n) is 12.0. The van der Waals surface area contributed by atoms with Crippen molar-refractivity contribution in [3.8, 4) is 44.5 Å². The lowest BCUT2D eigenvalue weighted by Gasteiger charge is -2.33. The second-order valence-corrected chi connectivity index (χ2v) is 15.2. The van der Waals surface area contributed by atoms with Crippen LogP contribution in [0.1, 0.15) is 5.56 Å². The van der Waals surface area contributed by atoms with E-state index in [1.807, 2.05) is 0 Å². The van der Waals surface area contributed by atoms with Gasteiger partial charge >= 0.3 is 0 Å². The Morgan fingerprint density at radius 2 is 0.789 bits per heavy atom. The van der Waals surface area contributed by atoms with Gasteiger partial charge in [0.2, 0.25) is 0 Å². The minimum absolute atomic E-state index is 0.184. The quantitative estimate of drug-likeness (QED) is 0.161. The van der Waals surface area contributed by atoms with Gasteiger partial charge in [0.05, 0.1) is 11.0 Å². The van der Waals surface area contributed by atoms with Crippen LogP contribution in [0.2, 0.25) is 0 Å². The number of benzene rings is 8. The molecule has 2 unspecified atom stereocenters. The van der Waals surface area contributed by atoms with E-state index in [-0.39, 0.29) is 11.8 Å². The summed E-state index contributed by atoms with van der Waals surface area (Å²) in [6, 6.07) is 68.8. The molecule has 0 fully saturated rings. The predicted octanol–water partition coefficient (Wildman–Crippen LogP) is 14.9. The van der Waals surface area contributed by atoms with Crippen molar-refractivity contribution < 1.29 is 0 Å². The smallest absolute Gasteiger partial charge is 0.0538 e. The van der Waals surface area contributed by atoms with E-state index in [0.29, 0.717) is 0 Å². The fourth-order valence-corrected chi connectivity index (χ4v) is 9.19. The van der Waals surface area contributed by atoms with Crippen molar-refractivity contribution in [1.29, 1.82) is 0 Å². The van der Waals surface area contributed by atoms with Crippen LogP contribution >= 0.6 is 0 Å². The molecular weight excluding hydrogens is 687 g/mol. The second-order valence-electron chi connectivity index (χ2n) is 15.2. The Morgan fingerprint density at radius 1 is 0.333 bits per heavy atom. The van der Waals surface area contributed by atoms with Gasteiger partial charge in [-0.15, -0.1) is 0 Å². The van der Waals surface area contributed by atoms with Crippen molar-refractivity contribution in [3.63, 3.8) is 0 Å². The summed E-state index contributed by atoms with van der Waals surface area (Å²) in [5.74, 6) is 0.404. The predicted molar refractivity (Wildman–Crippen MR) is 243 cm³/mol. The first-order valence-electron chi connectivity index (χ1n) is 19.9. The highest BCUT2D eigenvalue weighted by atomic mass is 15.0. The molecule has 0 spiro atoms. The Labute approximate surface area is 333 Å². The van der Waals surface area contributed by atoms with Crippen LogP contribution in [-0.4, -0.2) is 4.57 Å². The van der Waals surface area contributed by atoms with Crippen LogP contribution in [0.5, 0.6) is 0 Å². The highest BCUT2D eigenvalue weighted by molar-refractivity contribution is 6.13. The van der Waals surface area contributed by atoms with Crippen LogP contribution in [0, 0.1) is 11.8 Å². The maximum Gasteiger partial charge on any atom is 0.0538 e. The van der Waals surface area contributed by atoms with Gasteiger partial charge in [-0.3, -0.25) is 0 Å². The summed E-state index contributed by atoms with van der Waals surface area (Å²) in [5.41, 5.74) is 16.2. The first-order valence-corrected chi connectivity index (χ1v) is 19.9. The molecular formula is C56H39N. The fourth-order valence-electron chi connectivity index (χ4n) is 9.19. The van der Waals surface area contributed by atoms with E-state index in [0.717, 1.165) is 0 Å². The maximum absolute atomic E-state index is 2.53. The van der Waals surface area contributed by atoms with Gasteiger partial charge in [0.25, 0.3) is 0 Å². The van der Waals surface area contributed by atoms with Gasteiger partial charge in [-0.1, -0.05) is 194 Å². The Bertz CT molecular complexity index is 2940. The average molecular weight is 726 g/mol. The SMILES string of the molecule is C1=CC2C(c3cccc4ccccc34)=CC=C(n3c4ccc(-c5ccc(-c6ccccc6)cc5)cc4c4cc(-c5ccc(-c6ccccc6)cc5)ccc43)C2C=C1.